The minimum atomic E-state index is -0.334. The number of nitrogens with one attached hydrogen (secondary N) is 1. The zero-order valence-corrected chi connectivity index (χ0v) is 12.4. The molecule has 2 aromatic carbocycles. The molecule has 0 spiro atoms. The van der Waals surface area contributed by atoms with Gasteiger partial charge in [-0.1, -0.05) is 11.6 Å². The van der Waals surface area contributed by atoms with Crippen LogP contribution in [-0.4, -0.2) is 20.1 Å². The Morgan fingerprint density at radius 1 is 1.10 bits per heavy atom. The number of carbonyl (C=O) groups is 1. The Morgan fingerprint density at radius 3 is 2.38 bits per heavy atom. The molecule has 0 aliphatic carbocycles. The molecule has 0 radical (unpaired) electrons. The summed E-state index contributed by atoms with van der Waals surface area (Å²) in [6.07, 6.45) is 0. The summed E-state index contributed by atoms with van der Waals surface area (Å²) in [6, 6.07) is 9.84. The summed E-state index contributed by atoms with van der Waals surface area (Å²) in [7, 11) is 3.02. The number of amides is 1. The average molecular weight is 307 g/mol. The molecule has 0 aliphatic rings. The normalized spacial score (nSPS) is 10.0. The second-order valence-corrected chi connectivity index (χ2v) is 4.69. The van der Waals surface area contributed by atoms with E-state index >= 15 is 0 Å². The number of anilines is 2. The highest BCUT2D eigenvalue weighted by atomic mass is 35.5. The van der Waals surface area contributed by atoms with E-state index < -0.39 is 0 Å². The number of hydrogen-bond acceptors (Lipinski definition) is 4. The molecule has 0 aromatic heterocycles. The lowest BCUT2D eigenvalue weighted by Gasteiger charge is -2.11. The Labute approximate surface area is 127 Å². The third-order valence-electron chi connectivity index (χ3n) is 2.89. The van der Waals surface area contributed by atoms with E-state index in [2.05, 4.69) is 5.32 Å². The van der Waals surface area contributed by atoms with Crippen molar-refractivity contribution in [1.82, 2.24) is 0 Å². The van der Waals surface area contributed by atoms with Gasteiger partial charge in [0, 0.05) is 10.7 Å². The molecule has 1 amide bonds. The van der Waals surface area contributed by atoms with Crippen LogP contribution in [0.15, 0.2) is 36.4 Å². The van der Waals surface area contributed by atoms with Crippen LogP contribution in [0.25, 0.3) is 0 Å². The third kappa shape index (κ3) is 3.38. The van der Waals surface area contributed by atoms with Gasteiger partial charge < -0.3 is 20.5 Å². The van der Waals surface area contributed by atoms with Gasteiger partial charge in [-0.15, -0.1) is 0 Å². The molecule has 3 N–H and O–H groups in total. The molecular weight excluding hydrogens is 292 g/mol. The number of halogens is 1. The topological polar surface area (TPSA) is 73.6 Å². The van der Waals surface area contributed by atoms with E-state index in [1.165, 1.54) is 14.2 Å². The highest BCUT2D eigenvalue weighted by molar-refractivity contribution is 6.31. The quantitative estimate of drug-likeness (QED) is 0.851. The summed E-state index contributed by atoms with van der Waals surface area (Å²) in [5.41, 5.74) is 7.15. The Morgan fingerprint density at radius 2 is 1.76 bits per heavy atom. The molecular formula is C15H15ClN2O3. The Balaban J connectivity index is 2.26. The molecule has 0 saturated heterocycles. The number of methoxy groups -OCH3 is 2. The second kappa shape index (κ2) is 6.37. The fourth-order valence-corrected chi connectivity index (χ4v) is 2.04. The number of hydrogen-bond donors (Lipinski definition) is 2. The molecule has 0 fully saturated rings. The molecule has 6 heteroatoms. The van der Waals surface area contributed by atoms with Crippen molar-refractivity contribution in [2.45, 2.75) is 0 Å². The van der Waals surface area contributed by atoms with Gasteiger partial charge in [-0.2, -0.15) is 0 Å². The van der Waals surface area contributed by atoms with Gasteiger partial charge in [-0.05, 0) is 36.4 Å². The highest BCUT2D eigenvalue weighted by Gasteiger charge is 2.13. The zero-order valence-electron chi connectivity index (χ0n) is 11.6. The highest BCUT2D eigenvalue weighted by Crippen LogP contribution is 2.27. The molecule has 0 aliphatic heterocycles. The van der Waals surface area contributed by atoms with E-state index in [1.54, 1.807) is 36.4 Å². The Kier molecular flexibility index (Phi) is 4.55. The summed E-state index contributed by atoms with van der Waals surface area (Å²) >= 11 is 5.91. The maximum absolute atomic E-state index is 12.3. The summed E-state index contributed by atoms with van der Waals surface area (Å²) in [6.45, 7) is 0. The van der Waals surface area contributed by atoms with Crippen LogP contribution in [-0.2, 0) is 0 Å². The van der Waals surface area contributed by atoms with E-state index in [-0.39, 0.29) is 5.91 Å². The molecule has 2 aromatic rings. The minimum Gasteiger partial charge on any atom is -0.496 e. The van der Waals surface area contributed by atoms with Crippen molar-refractivity contribution in [1.29, 1.82) is 0 Å². The van der Waals surface area contributed by atoms with Gasteiger partial charge in [0.1, 0.15) is 11.5 Å². The average Bonchev–Trinajstić information content (AvgIpc) is 2.47. The van der Waals surface area contributed by atoms with Gasteiger partial charge in [0.2, 0.25) is 0 Å². The number of benzene rings is 2. The molecule has 0 heterocycles. The van der Waals surface area contributed by atoms with Crippen molar-refractivity contribution < 1.29 is 14.3 Å². The van der Waals surface area contributed by atoms with Crippen molar-refractivity contribution in [2.24, 2.45) is 0 Å². The first kappa shape index (κ1) is 15.0. The maximum Gasteiger partial charge on any atom is 0.259 e. The molecule has 2 rings (SSSR count). The van der Waals surface area contributed by atoms with Gasteiger partial charge in [0.05, 0.1) is 25.5 Å². The third-order valence-corrected chi connectivity index (χ3v) is 3.13. The fraction of sp³-hybridized carbons (Fsp3) is 0.133. The smallest absolute Gasteiger partial charge is 0.259 e. The van der Waals surface area contributed by atoms with Crippen molar-refractivity contribution in [3.63, 3.8) is 0 Å². The summed E-state index contributed by atoms with van der Waals surface area (Å²) in [5, 5.41) is 3.19. The zero-order chi connectivity index (χ0) is 15.4. The van der Waals surface area contributed by atoms with Crippen molar-refractivity contribution in [2.75, 3.05) is 25.3 Å². The first-order valence-electron chi connectivity index (χ1n) is 6.13. The predicted octanol–water partition coefficient (Wildman–Crippen LogP) is 3.19. The van der Waals surface area contributed by atoms with Crippen LogP contribution in [0.1, 0.15) is 10.4 Å². The number of nitrogen functional groups attached to an aromatic ring is 1. The van der Waals surface area contributed by atoms with Crippen LogP contribution >= 0.6 is 11.6 Å². The van der Waals surface area contributed by atoms with Crippen molar-refractivity contribution >= 4 is 28.9 Å². The Hall–Kier alpha value is -2.40. The monoisotopic (exact) mass is 306 g/mol. The van der Waals surface area contributed by atoms with E-state index in [1.807, 2.05) is 0 Å². The van der Waals surface area contributed by atoms with Gasteiger partial charge in [0.15, 0.2) is 0 Å². The minimum absolute atomic E-state index is 0.334. The van der Waals surface area contributed by atoms with Crippen LogP contribution in [0.4, 0.5) is 11.4 Å². The lowest BCUT2D eigenvalue weighted by atomic mass is 10.1. The largest absolute Gasteiger partial charge is 0.496 e. The molecule has 21 heavy (non-hydrogen) atoms. The number of nitrogens with two attached hydrogens (primary N) is 1. The molecule has 5 nitrogen and oxygen atoms in total. The summed E-state index contributed by atoms with van der Waals surface area (Å²) < 4.78 is 10.2. The molecule has 0 atom stereocenters. The van der Waals surface area contributed by atoms with E-state index in [9.17, 15) is 4.79 Å². The lowest BCUT2D eigenvalue weighted by Crippen LogP contribution is -2.13. The van der Waals surface area contributed by atoms with Crippen molar-refractivity contribution in [3.05, 3.63) is 47.0 Å². The van der Waals surface area contributed by atoms with Gasteiger partial charge in [0.25, 0.3) is 5.91 Å². The van der Waals surface area contributed by atoms with Gasteiger partial charge in [-0.25, -0.2) is 0 Å². The van der Waals surface area contributed by atoms with Crippen LogP contribution in [0.5, 0.6) is 11.5 Å². The number of ether oxygens (including phenoxy) is 2. The van der Waals surface area contributed by atoms with Gasteiger partial charge >= 0.3 is 0 Å². The van der Waals surface area contributed by atoms with Crippen molar-refractivity contribution in [3.8, 4) is 11.5 Å². The SMILES string of the molecule is COc1ccc(NC(=O)c2cc(Cl)ccc2OC)cc1N. The standard InChI is InChI=1S/C15H15ClN2O3/c1-20-13-5-3-9(16)7-11(13)15(19)18-10-4-6-14(21-2)12(17)8-10/h3-8H,17H2,1-2H3,(H,18,19). The van der Waals surface area contributed by atoms with E-state index in [0.29, 0.717) is 33.5 Å². The first-order chi connectivity index (χ1) is 10.0. The Bertz CT molecular complexity index is 674. The van der Waals surface area contributed by atoms with Gasteiger partial charge in [-0.3, -0.25) is 4.79 Å². The molecule has 0 saturated carbocycles. The lowest BCUT2D eigenvalue weighted by molar-refractivity contribution is 0.102. The van der Waals surface area contributed by atoms with Crippen LogP contribution in [0.3, 0.4) is 0 Å². The van der Waals surface area contributed by atoms with E-state index in [4.69, 9.17) is 26.8 Å². The molecule has 0 unspecified atom stereocenters. The van der Waals surface area contributed by atoms with Crippen LogP contribution in [0, 0.1) is 0 Å². The summed E-state index contributed by atoms with van der Waals surface area (Å²) in [4.78, 5) is 12.3. The number of rotatable bonds is 4. The van der Waals surface area contributed by atoms with E-state index in [0.717, 1.165) is 0 Å². The van der Waals surface area contributed by atoms with Crippen LogP contribution in [0.2, 0.25) is 5.02 Å². The molecule has 0 bridgehead atoms. The fourth-order valence-electron chi connectivity index (χ4n) is 1.87. The molecule has 110 valence electrons. The number of carbonyl (C=O) groups excluding carboxylic acids is 1. The van der Waals surface area contributed by atoms with Crippen LogP contribution < -0.4 is 20.5 Å². The maximum atomic E-state index is 12.3. The summed E-state index contributed by atoms with van der Waals surface area (Å²) in [5.74, 6) is 0.658. The first-order valence-corrected chi connectivity index (χ1v) is 6.51. The second-order valence-electron chi connectivity index (χ2n) is 4.26. The predicted molar refractivity (Wildman–Crippen MR) is 83.4 cm³/mol.